The first-order chi connectivity index (χ1) is 25.5. The van der Waals surface area contributed by atoms with Gasteiger partial charge < -0.3 is 18.9 Å². The van der Waals surface area contributed by atoms with E-state index >= 15 is 0 Å². The van der Waals surface area contributed by atoms with Crippen LogP contribution in [-0.2, 0) is 0 Å². The van der Waals surface area contributed by atoms with Gasteiger partial charge in [-0.05, 0) is 49.9 Å². The monoisotopic (exact) mass is 710 g/mol. The molecule has 2 heterocycles. The summed E-state index contributed by atoms with van der Waals surface area (Å²) < 4.78 is 24.9. The van der Waals surface area contributed by atoms with Crippen molar-refractivity contribution in [3.05, 3.63) is 69.4 Å². The zero-order valence-corrected chi connectivity index (χ0v) is 32.0. The van der Waals surface area contributed by atoms with Gasteiger partial charge in [-0.1, -0.05) is 105 Å². The van der Waals surface area contributed by atoms with Crippen LogP contribution in [0, 0.1) is 0 Å². The van der Waals surface area contributed by atoms with Crippen LogP contribution in [0.2, 0.25) is 0 Å². The van der Waals surface area contributed by atoms with Gasteiger partial charge in [0, 0.05) is 12.1 Å². The molecule has 280 valence electrons. The van der Waals surface area contributed by atoms with Crippen LogP contribution in [0.5, 0.6) is 23.0 Å². The number of ketones is 2. The van der Waals surface area contributed by atoms with Crippen molar-refractivity contribution in [3.63, 3.8) is 0 Å². The van der Waals surface area contributed by atoms with Gasteiger partial charge in [-0.25, -0.2) is 9.98 Å². The molecule has 0 saturated heterocycles. The van der Waals surface area contributed by atoms with E-state index in [2.05, 4.69) is 27.7 Å². The van der Waals surface area contributed by atoms with Gasteiger partial charge in [-0.15, -0.1) is 0 Å². The molecule has 52 heavy (non-hydrogen) atoms. The minimum absolute atomic E-state index is 0.176. The van der Waals surface area contributed by atoms with Crippen LogP contribution in [0.25, 0.3) is 0 Å². The first-order valence-electron chi connectivity index (χ1n) is 20.1. The van der Waals surface area contributed by atoms with E-state index in [4.69, 9.17) is 28.9 Å². The van der Waals surface area contributed by atoms with Crippen molar-refractivity contribution in [2.45, 2.75) is 130 Å². The Morgan fingerprint density at radius 2 is 0.692 bits per heavy atom. The molecule has 0 unspecified atom stereocenters. The van der Waals surface area contributed by atoms with Crippen LogP contribution >= 0.6 is 0 Å². The molecular weight excluding hydrogens is 652 g/mol. The second-order valence-corrected chi connectivity index (χ2v) is 14.0. The summed E-state index contributed by atoms with van der Waals surface area (Å²) in [5, 5.41) is 0.898. The van der Waals surface area contributed by atoms with E-state index in [1.807, 2.05) is 12.1 Å². The van der Waals surface area contributed by atoms with Gasteiger partial charge in [0.25, 0.3) is 0 Å². The van der Waals surface area contributed by atoms with Crippen molar-refractivity contribution in [2.75, 3.05) is 26.4 Å². The van der Waals surface area contributed by atoms with Crippen molar-refractivity contribution in [1.82, 2.24) is 0 Å². The van der Waals surface area contributed by atoms with E-state index in [9.17, 15) is 9.59 Å². The van der Waals surface area contributed by atoms with Gasteiger partial charge in [-0.2, -0.15) is 0 Å². The Labute approximate surface area is 310 Å². The molecule has 2 aliphatic heterocycles. The number of hydrogen-bond donors (Lipinski definition) is 0. The Balaban J connectivity index is 1.46. The van der Waals surface area contributed by atoms with E-state index in [0.29, 0.717) is 93.8 Å². The van der Waals surface area contributed by atoms with Crippen molar-refractivity contribution >= 4 is 22.9 Å². The molecule has 0 atom stereocenters. The lowest BCUT2D eigenvalue weighted by Gasteiger charge is -2.20. The quantitative estimate of drug-likeness (QED) is 0.0592. The predicted octanol–water partition coefficient (Wildman–Crippen LogP) is 10.5. The Bertz CT molecular complexity index is 1670. The Morgan fingerprint density at radius 1 is 0.385 bits per heavy atom. The second-order valence-electron chi connectivity index (χ2n) is 14.0. The van der Waals surface area contributed by atoms with E-state index < -0.39 is 0 Å². The van der Waals surface area contributed by atoms with Gasteiger partial charge in [-0.3, -0.25) is 9.59 Å². The minimum Gasteiger partial charge on any atom is -0.490 e. The minimum atomic E-state index is -0.176. The first-order valence-corrected chi connectivity index (χ1v) is 20.1. The Morgan fingerprint density at radius 3 is 1.00 bits per heavy atom. The maximum absolute atomic E-state index is 14.1. The molecule has 0 radical (unpaired) electrons. The fraction of sp³-hybridized carbons (Fsp3) is 0.545. The Kier molecular flexibility index (Phi) is 15.1. The summed E-state index contributed by atoms with van der Waals surface area (Å²) >= 11 is 0. The first kappa shape index (κ1) is 39.0. The highest BCUT2D eigenvalue weighted by atomic mass is 16.5. The molecule has 0 spiro atoms. The van der Waals surface area contributed by atoms with Gasteiger partial charge in [0.15, 0.2) is 34.6 Å². The van der Waals surface area contributed by atoms with Crippen LogP contribution in [-0.4, -0.2) is 38.0 Å². The van der Waals surface area contributed by atoms with Crippen LogP contribution < -0.4 is 29.7 Å². The second kappa shape index (κ2) is 20.1. The summed E-state index contributed by atoms with van der Waals surface area (Å²) in [5.41, 5.74) is 2.76. The molecule has 2 aliphatic rings. The van der Waals surface area contributed by atoms with Gasteiger partial charge in [0.2, 0.25) is 0 Å². The highest BCUT2D eigenvalue weighted by molar-refractivity contribution is 6.16. The zero-order valence-electron chi connectivity index (χ0n) is 32.0. The fourth-order valence-electron chi connectivity index (χ4n) is 6.62. The zero-order chi connectivity index (χ0) is 36.7. The van der Waals surface area contributed by atoms with E-state index in [1.54, 1.807) is 24.3 Å². The maximum atomic E-state index is 14.1. The molecule has 0 bridgehead atoms. The number of hydrogen-bond acceptors (Lipinski definition) is 8. The molecule has 0 saturated carbocycles. The third kappa shape index (κ3) is 10.0. The molecular formula is C44H58N2O6. The van der Waals surface area contributed by atoms with Crippen LogP contribution in [0.1, 0.15) is 162 Å². The fourth-order valence-corrected chi connectivity index (χ4v) is 6.62. The summed E-state index contributed by atoms with van der Waals surface area (Å²) in [5.74, 6) is 1.96. The SMILES string of the molecule is CCCCCCOc1cc2c(cc1OCCCCCC)C(=O)c1cc3c(cc1=N2)C(=O)c1cc(OCCCCCC)c(OCCCCCC)cc1N=3. The molecule has 5 rings (SSSR count). The average Bonchev–Trinajstić information content (AvgIpc) is 3.15. The van der Waals surface area contributed by atoms with E-state index in [0.717, 1.165) is 103 Å². The van der Waals surface area contributed by atoms with E-state index in [-0.39, 0.29) is 11.6 Å². The maximum Gasteiger partial charge on any atom is 0.197 e. The third-order valence-corrected chi connectivity index (χ3v) is 9.72. The number of unbranched alkanes of at least 4 members (excludes halogenated alkanes) is 12. The Hall–Kier alpha value is -4.20. The van der Waals surface area contributed by atoms with E-state index in [1.165, 1.54) is 0 Å². The third-order valence-electron chi connectivity index (χ3n) is 9.72. The summed E-state index contributed by atoms with van der Waals surface area (Å²) in [7, 11) is 0. The summed E-state index contributed by atoms with van der Waals surface area (Å²) in [6, 6.07) is 10.6. The number of carbonyl (C=O) groups excluding carboxylic acids is 2. The van der Waals surface area contributed by atoms with Crippen molar-refractivity contribution < 1.29 is 28.5 Å². The number of rotatable bonds is 24. The number of fused-ring (bicyclic) bond motifs is 4. The lowest BCUT2D eigenvalue weighted by Crippen LogP contribution is -2.30. The highest BCUT2D eigenvalue weighted by Crippen LogP contribution is 2.39. The van der Waals surface area contributed by atoms with Crippen molar-refractivity contribution in [2.24, 2.45) is 9.98 Å². The molecule has 8 nitrogen and oxygen atoms in total. The number of carbonyl (C=O) groups is 2. The lowest BCUT2D eigenvalue weighted by atomic mass is 9.92. The van der Waals surface area contributed by atoms with Crippen LogP contribution in [0.3, 0.4) is 0 Å². The van der Waals surface area contributed by atoms with Crippen LogP contribution in [0.15, 0.2) is 46.4 Å². The lowest BCUT2D eigenvalue weighted by molar-refractivity contribution is 0.102. The molecule has 0 amide bonds. The van der Waals surface area contributed by atoms with Gasteiger partial charge >= 0.3 is 0 Å². The predicted molar refractivity (Wildman–Crippen MR) is 206 cm³/mol. The topological polar surface area (TPSA) is 95.8 Å². The normalized spacial score (nSPS) is 12.6. The summed E-state index contributed by atoms with van der Waals surface area (Å²) in [6.07, 6.45) is 17.4. The molecule has 0 aromatic heterocycles. The standard InChI is InChI=1S/C44H58N2O6/c1-5-9-13-17-21-49-39-27-33-37(29-41(39)51-23-19-15-11-7-3)45-35-26-32-36(25-31(35)43(33)47)46-38-30-42(52-24-20-16-12-8-4)40(28-34(38)44(32)48)50-22-18-14-10-6-2/h25-30H,5-24H2,1-4H3. The number of benzene rings is 3. The molecule has 0 aliphatic carbocycles. The van der Waals surface area contributed by atoms with Crippen LogP contribution in [0.4, 0.5) is 11.4 Å². The molecule has 0 fully saturated rings. The summed E-state index contributed by atoms with van der Waals surface area (Å²) in [4.78, 5) is 37.9. The number of ether oxygens (including phenoxy) is 4. The smallest absolute Gasteiger partial charge is 0.197 e. The summed E-state index contributed by atoms with van der Waals surface area (Å²) in [6.45, 7) is 11.0. The number of nitrogens with zero attached hydrogens (tertiary/aromatic N) is 2. The molecule has 3 aromatic rings. The average molecular weight is 711 g/mol. The molecule has 3 aromatic carbocycles. The largest absolute Gasteiger partial charge is 0.490 e. The van der Waals surface area contributed by atoms with Gasteiger partial charge in [0.1, 0.15) is 0 Å². The van der Waals surface area contributed by atoms with Crippen molar-refractivity contribution in [3.8, 4) is 23.0 Å². The van der Waals surface area contributed by atoms with Crippen molar-refractivity contribution in [1.29, 1.82) is 0 Å². The van der Waals surface area contributed by atoms with Gasteiger partial charge in [0.05, 0.1) is 70.8 Å². The molecule has 0 N–H and O–H groups in total. The highest BCUT2D eigenvalue weighted by Gasteiger charge is 2.28. The molecule has 8 heteroatoms.